The molecule has 1 N–H and O–H groups in total. The van der Waals surface area contributed by atoms with Gasteiger partial charge in [-0.25, -0.2) is 0 Å². The van der Waals surface area contributed by atoms with Crippen molar-refractivity contribution in [2.45, 2.75) is 26.2 Å². The maximum Gasteiger partial charge on any atom is 0.270 e. The molecule has 2 aromatic rings. The second-order valence-corrected chi connectivity index (χ2v) is 7.14. The van der Waals surface area contributed by atoms with Crippen molar-refractivity contribution in [1.29, 1.82) is 0 Å². The van der Waals surface area contributed by atoms with Crippen molar-refractivity contribution in [3.05, 3.63) is 35.5 Å². The number of fused-ring (bicyclic) bond motifs is 1. The summed E-state index contributed by atoms with van der Waals surface area (Å²) in [6.45, 7) is 6.81. The number of aromatic amines is 1. The van der Waals surface area contributed by atoms with Crippen molar-refractivity contribution in [3.8, 4) is 0 Å². The number of methoxy groups -OCH3 is 1. The standard InChI is InChI=1S/C20H27N3O3/c1-14(2)15-5-6-16-12-18(21-17(16)11-15)20(25)23-8-4-7-22(9-10-23)19(24)13-26-3/h5-6,11-12,14,21H,4,7-10,13H2,1-3H3. The Balaban J connectivity index is 1.72. The minimum atomic E-state index is -0.0198. The van der Waals surface area contributed by atoms with Crippen molar-refractivity contribution < 1.29 is 14.3 Å². The van der Waals surface area contributed by atoms with Crippen LogP contribution in [0.5, 0.6) is 0 Å². The van der Waals surface area contributed by atoms with E-state index in [1.807, 2.05) is 11.0 Å². The van der Waals surface area contributed by atoms with E-state index >= 15 is 0 Å². The summed E-state index contributed by atoms with van der Waals surface area (Å²) in [4.78, 5) is 31.8. The minimum absolute atomic E-state index is 0.00617. The number of hydrogen-bond acceptors (Lipinski definition) is 3. The molecule has 0 atom stereocenters. The van der Waals surface area contributed by atoms with E-state index in [2.05, 4.69) is 37.0 Å². The zero-order chi connectivity index (χ0) is 18.7. The van der Waals surface area contributed by atoms with Gasteiger partial charge in [-0.3, -0.25) is 9.59 Å². The summed E-state index contributed by atoms with van der Waals surface area (Å²) < 4.78 is 4.92. The molecule has 140 valence electrons. The van der Waals surface area contributed by atoms with Crippen molar-refractivity contribution in [2.24, 2.45) is 0 Å². The third-order valence-corrected chi connectivity index (χ3v) is 4.95. The fourth-order valence-corrected chi connectivity index (χ4v) is 3.37. The van der Waals surface area contributed by atoms with Gasteiger partial charge in [0, 0.05) is 44.2 Å². The zero-order valence-corrected chi connectivity index (χ0v) is 15.7. The predicted octanol–water partition coefficient (Wildman–Crippen LogP) is 2.61. The highest BCUT2D eigenvalue weighted by molar-refractivity contribution is 5.98. The van der Waals surface area contributed by atoms with Crippen molar-refractivity contribution in [3.63, 3.8) is 0 Å². The normalized spacial score (nSPS) is 15.5. The molecule has 26 heavy (non-hydrogen) atoms. The molecule has 1 aromatic carbocycles. The lowest BCUT2D eigenvalue weighted by molar-refractivity contribution is -0.135. The molecule has 6 heteroatoms. The van der Waals surface area contributed by atoms with Crippen LogP contribution in [0.1, 0.15) is 42.2 Å². The smallest absolute Gasteiger partial charge is 0.270 e. The maximum absolute atomic E-state index is 12.9. The Morgan fingerprint density at radius 2 is 1.85 bits per heavy atom. The number of nitrogens with one attached hydrogen (secondary N) is 1. The number of H-pyrrole nitrogens is 1. The van der Waals surface area contributed by atoms with Gasteiger partial charge in [0.25, 0.3) is 5.91 Å². The molecule has 0 aliphatic carbocycles. The summed E-state index contributed by atoms with van der Waals surface area (Å²) in [6.07, 6.45) is 0.777. The molecule has 1 fully saturated rings. The van der Waals surface area contributed by atoms with E-state index in [9.17, 15) is 9.59 Å². The van der Waals surface area contributed by atoms with Crippen molar-refractivity contribution in [1.82, 2.24) is 14.8 Å². The van der Waals surface area contributed by atoms with Crippen LogP contribution >= 0.6 is 0 Å². The SMILES string of the molecule is COCC(=O)N1CCCN(C(=O)c2cc3ccc(C(C)C)cc3[nH]2)CC1. The first kappa shape index (κ1) is 18.5. The first-order valence-corrected chi connectivity index (χ1v) is 9.18. The average Bonchev–Trinajstić information content (AvgIpc) is 2.89. The van der Waals surface area contributed by atoms with Gasteiger partial charge in [-0.15, -0.1) is 0 Å². The number of aromatic nitrogens is 1. The van der Waals surface area contributed by atoms with Gasteiger partial charge in [-0.05, 0) is 30.0 Å². The molecular formula is C20H27N3O3. The molecule has 2 amide bonds. The number of rotatable bonds is 4. The van der Waals surface area contributed by atoms with Gasteiger partial charge < -0.3 is 19.5 Å². The summed E-state index contributed by atoms with van der Waals surface area (Å²) in [6, 6.07) is 8.21. The molecule has 1 aliphatic heterocycles. The lowest BCUT2D eigenvalue weighted by Gasteiger charge is -2.21. The van der Waals surface area contributed by atoms with Crippen LogP contribution in [0.25, 0.3) is 10.9 Å². The summed E-state index contributed by atoms with van der Waals surface area (Å²) in [5.74, 6) is 0.421. The Kier molecular flexibility index (Phi) is 5.61. The molecule has 1 aliphatic rings. The van der Waals surface area contributed by atoms with Gasteiger partial charge in [-0.2, -0.15) is 0 Å². The third-order valence-electron chi connectivity index (χ3n) is 4.95. The van der Waals surface area contributed by atoms with E-state index in [1.165, 1.54) is 12.7 Å². The summed E-state index contributed by atoms with van der Waals surface area (Å²) in [7, 11) is 1.52. The molecule has 0 unspecified atom stereocenters. The van der Waals surface area contributed by atoms with Crippen LogP contribution in [0.3, 0.4) is 0 Å². The van der Waals surface area contributed by atoms with Crippen molar-refractivity contribution >= 4 is 22.7 Å². The van der Waals surface area contributed by atoms with Crippen LogP contribution in [0.15, 0.2) is 24.3 Å². The van der Waals surface area contributed by atoms with E-state index in [0.29, 0.717) is 37.8 Å². The highest BCUT2D eigenvalue weighted by Gasteiger charge is 2.23. The minimum Gasteiger partial charge on any atom is -0.375 e. The number of carbonyl (C=O) groups excluding carboxylic acids is 2. The summed E-state index contributed by atoms with van der Waals surface area (Å²) in [5.41, 5.74) is 2.85. The van der Waals surface area contributed by atoms with Gasteiger partial charge in [0.2, 0.25) is 5.91 Å². The lowest BCUT2D eigenvalue weighted by atomic mass is 10.0. The number of nitrogens with zero attached hydrogens (tertiary/aromatic N) is 2. The molecule has 1 saturated heterocycles. The van der Waals surface area contributed by atoms with Crippen molar-refractivity contribution in [2.75, 3.05) is 39.9 Å². The van der Waals surface area contributed by atoms with Gasteiger partial charge in [0.05, 0.1) is 0 Å². The quantitative estimate of drug-likeness (QED) is 0.915. The number of ether oxygens (including phenoxy) is 1. The van der Waals surface area contributed by atoms with E-state index in [1.54, 1.807) is 4.90 Å². The Bertz CT molecular complexity index is 797. The van der Waals surface area contributed by atoms with Crippen LogP contribution in [-0.2, 0) is 9.53 Å². The van der Waals surface area contributed by atoms with Crippen LogP contribution in [0.4, 0.5) is 0 Å². The van der Waals surface area contributed by atoms with Crippen LogP contribution in [0.2, 0.25) is 0 Å². The van der Waals surface area contributed by atoms with Crippen LogP contribution < -0.4 is 0 Å². The molecule has 1 aromatic heterocycles. The number of carbonyl (C=O) groups is 2. The lowest BCUT2D eigenvalue weighted by Crippen LogP contribution is -2.38. The second-order valence-electron chi connectivity index (χ2n) is 7.14. The highest BCUT2D eigenvalue weighted by Crippen LogP contribution is 2.22. The van der Waals surface area contributed by atoms with Gasteiger partial charge in [-0.1, -0.05) is 26.0 Å². The fraction of sp³-hybridized carbons (Fsp3) is 0.500. The summed E-state index contributed by atoms with van der Waals surface area (Å²) >= 11 is 0. The maximum atomic E-state index is 12.9. The van der Waals surface area contributed by atoms with Gasteiger partial charge in [0.15, 0.2) is 0 Å². The summed E-state index contributed by atoms with van der Waals surface area (Å²) in [5, 5.41) is 1.05. The Morgan fingerprint density at radius 3 is 2.58 bits per heavy atom. The molecule has 2 heterocycles. The van der Waals surface area contributed by atoms with Gasteiger partial charge >= 0.3 is 0 Å². The van der Waals surface area contributed by atoms with E-state index in [4.69, 9.17) is 4.74 Å². The molecule has 3 rings (SSSR count). The Hall–Kier alpha value is -2.34. The number of benzene rings is 1. The topological polar surface area (TPSA) is 65.6 Å². The second kappa shape index (κ2) is 7.91. The third kappa shape index (κ3) is 3.90. The molecule has 6 nitrogen and oxygen atoms in total. The molecule has 0 spiro atoms. The predicted molar refractivity (Wildman–Crippen MR) is 101 cm³/mol. The van der Waals surface area contributed by atoms with Crippen LogP contribution in [-0.4, -0.2) is 66.5 Å². The zero-order valence-electron chi connectivity index (χ0n) is 15.7. The molecule has 0 radical (unpaired) electrons. The first-order valence-electron chi connectivity index (χ1n) is 9.18. The monoisotopic (exact) mass is 357 g/mol. The molecule has 0 bridgehead atoms. The first-order chi connectivity index (χ1) is 12.5. The number of hydrogen-bond donors (Lipinski definition) is 1. The van der Waals surface area contributed by atoms with Crippen LogP contribution in [0, 0.1) is 0 Å². The Morgan fingerprint density at radius 1 is 1.12 bits per heavy atom. The van der Waals surface area contributed by atoms with E-state index in [-0.39, 0.29) is 18.4 Å². The molecular weight excluding hydrogens is 330 g/mol. The van der Waals surface area contributed by atoms with Gasteiger partial charge in [0.1, 0.15) is 12.3 Å². The van der Waals surface area contributed by atoms with E-state index < -0.39 is 0 Å². The van der Waals surface area contributed by atoms with E-state index in [0.717, 1.165) is 17.3 Å². The number of amides is 2. The Labute approximate surface area is 154 Å². The average molecular weight is 357 g/mol. The highest BCUT2D eigenvalue weighted by atomic mass is 16.5. The molecule has 0 saturated carbocycles. The largest absolute Gasteiger partial charge is 0.375 e. The fourth-order valence-electron chi connectivity index (χ4n) is 3.37.